The van der Waals surface area contributed by atoms with Crippen molar-refractivity contribution in [3.8, 4) is 5.75 Å². The van der Waals surface area contributed by atoms with Crippen molar-refractivity contribution in [1.29, 1.82) is 0 Å². The molecule has 1 atom stereocenters. The van der Waals surface area contributed by atoms with E-state index < -0.39 is 0 Å². The molecule has 2 N–H and O–H groups in total. The minimum atomic E-state index is -0.325. The Bertz CT molecular complexity index is 477. The van der Waals surface area contributed by atoms with E-state index in [9.17, 15) is 4.39 Å². The second-order valence-corrected chi connectivity index (χ2v) is 5.34. The summed E-state index contributed by atoms with van der Waals surface area (Å²) in [6.45, 7) is 7.08. The van der Waals surface area contributed by atoms with Crippen LogP contribution in [0.1, 0.15) is 37.8 Å². The summed E-state index contributed by atoms with van der Waals surface area (Å²) < 4.78 is 18.1. The summed E-state index contributed by atoms with van der Waals surface area (Å²) in [7, 11) is 1.70. The van der Waals surface area contributed by atoms with E-state index in [1.807, 2.05) is 0 Å². The maximum atomic E-state index is 12.1. The van der Waals surface area contributed by atoms with Crippen LogP contribution in [0.2, 0.25) is 0 Å². The molecule has 4 nitrogen and oxygen atoms in total. The quantitative estimate of drug-likeness (QED) is 0.440. The molecule has 22 heavy (non-hydrogen) atoms. The lowest BCUT2D eigenvalue weighted by atomic mass is 10.1. The van der Waals surface area contributed by atoms with Gasteiger partial charge in [-0.1, -0.05) is 19.1 Å². The monoisotopic (exact) mass is 309 g/mol. The molecule has 0 fully saturated rings. The number of ether oxygens (including phenoxy) is 1. The van der Waals surface area contributed by atoms with Gasteiger partial charge in [0.1, 0.15) is 5.75 Å². The second kappa shape index (κ2) is 10.0. The molecule has 0 aliphatic heterocycles. The average Bonchev–Trinajstić information content (AvgIpc) is 2.52. The van der Waals surface area contributed by atoms with Crippen molar-refractivity contribution in [3.63, 3.8) is 0 Å². The lowest BCUT2D eigenvalue weighted by molar-refractivity contribution is 0.215. The number of hydrogen-bond acceptors (Lipinski definition) is 2. The van der Waals surface area contributed by atoms with Crippen LogP contribution in [0.15, 0.2) is 23.2 Å². The summed E-state index contributed by atoms with van der Waals surface area (Å²) in [4.78, 5) is 4.13. The number of alkyl halides is 1. The van der Waals surface area contributed by atoms with Crippen molar-refractivity contribution in [1.82, 2.24) is 10.6 Å². The zero-order chi connectivity index (χ0) is 16.4. The highest BCUT2D eigenvalue weighted by atomic mass is 19.1. The molecule has 0 saturated carbocycles. The van der Waals surface area contributed by atoms with Crippen LogP contribution in [-0.2, 0) is 6.54 Å². The van der Waals surface area contributed by atoms with E-state index in [4.69, 9.17) is 4.74 Å². The molecule has 5 heteroatoms. The Morgan fingerprint density at radius 1 is 1.36 bits per heavy atom. The summed E-state index contributed by atoms with van der Waals surface area (Å²) in [6, 6.07) is 6.19. The Kier molecular flexibility index (Phi) is 8.33. The van der Waals surface area contributed by atoms with Crippen molar-refractivity contribution >= 4 is 5.96 Å². The Labute approximate surface area is 133 Å². The van der Waals surface area contributed by atoms with Crippen LogP contribution in [0.25, 0.3) is 0 Å². The van der Waals surface area contributed by atoms with Gasteiger partial charge in [-0.25, -0.2) is 0 Å². The maximum absolute atomic E-state index is 12.1. The predicted octanol–water partition coefficient (Wildman–Crippen LogP) is 3.20. The van der Waals surface area contributed by atoms with Gasteiger partial charge in [0.2, 0.25) is 0 Å². The fraction of sp³-hybridized carbons (Fsp3) is 0.588. The van der Waals surface area contributed by atoms with Gasteiger partial charge in [0.15, 0.2) is 5.96 Å². The van der Waals surface area contributed by atoms with Crippen LogP contribution >= 0.6 is 0 Å². The highest BCUT2D eigenvalue weighted by Crippen LogP contribution is 2.22. The van der Waals surface area contributed by atoms with Crippen molar-refractivity contribution in [2.24, 2.45) is 4.99 Å². The van der Waals surface area contributed by atoms with E-state index in [0.29, 0.717) is 25.5 Å². The Morgan fingerprint density at radius 2 is 2.14 bits per heavy atom. The summed E-state index contributed by atoms with van der Waals surface area (Å²) in [5.41, 5.74) is 2.26. The number of nitrogens with one attached hydrogen (secondary N) is 2. The van der Waals surface area contributed by atoms with Gasteiger partial charge >= 0.3 is 0 Å². The van der Waals surface area contributed by atoms with Gasteiger partial charge in [0.05, 0.1) is 12.8 Å². The number of aryl methyl sites for hydroxylation is 1. The highest BCUT2D eigenvalue weighted by Gasteiger charge is 2.08. The summed E-state index contributed by atoms with van der Waals surface area (Å²) in [5, 5.41) is 6.31. The van der Waals surface area contributed by atoms with Crippen molar-refractivity contribution < 1.29 is 9.13 Å². The zero-order valence-corrected chi connectivity index (χ0v) is 14.1. The molecule has 1 aromatic rings. The van der Waals surface area contributed by atoms with Crippen LogP contribution in [0, 0.1) is 6.92 Å². The number of halogens is 1. The summed E-state index contributed by atoms with van der Waals surface area (Å²) in [6.07, 6.45) is 1.63. The molecule has 0 saturated heterocycles. The smallest absolute Gasteiger partial charge is 0.191 e. The van der Waals surface area contributed by atoms with E-state index >= 15 is 0 Å². The molecule has 1 rings (SSSR count). The number of nitrogens with zero attached hydrogens (tertiary/aromatic N) is 1. The van der Waals surface area contributed by atoms with Gasteiger partial charge in [-0.05, 0) is 38.3 Å². The first-order valence-corrected chi connectivity index (χ1v) is 7.87. The average molecular weight is 309 g/mol. The highest BCUT2D eigenvalue weighted by molar-refractivity contribution is 5.79. The van der Waals surface area contributed by atoms with Crippen LogP contribution in [0.3, 0.4) is 0 Å². The number of aliphatic imine (C=N–C) groups is 1. The third-order valence-corrected chi connectivity index (χ3v) is 3.40. The topological polar surface area (TPSA) is 45.6 Å². The molecule has 1 aromatic carbocycles. The molecule has 0 aliphatic carbocycles. The van der Waals surface area contributed by atoms with Crippen LogP contribution < -0.4 is 15.4 Å². The van der Waals surface area contributed by atoms with Gasteiger partial charge in [-0.3, -0.25) is 9.38 Å². The normalized spacial score (nSPS) is 12.9. The molecular weight excluding hydrogens is 281 g/mol. The van der Waals surface area contributed by atoms with Crippen molar-refractivity contribution in [2.45, 2.75) is 46.3 Å². The maximum Gasteiger partial charge on any atom is 0.191 e. The van der Waals surface area contributed by atoms with E-state index in [1.165, 1.54) is 5.56 Å². The van der Waals surface area contributed by atoms with Gasteiger partial charge in [-0.15, -0.1) is 0 Å². The third-order valence-electron chi connectivity index (χ3n) is 3.40. The molecule has 1 unspecified atom stereocenters. The van der Waals surface area contributed by atoms with Crippen molar-refractivity contribution in [2.75, 3.05) is 20.3 Å². The van der Waals surface area contributed by atoms with Crippen molar-refractivity contribution in [3.05, 3.63) is 29.3 Å². The molecule has 0 bridgehead atoms. The number of hydrogen-bond donors (Lipinski definition) is 2. The second-order valence-electron chi connectivity index (χ2n) is 5.34. The molecule has 0 radical (unpaired) electrons. The Balaban J connectivity index is 2.67. The van der Waals surface area contributed by atoms with E-state index in [0.717, 1.165) is 17.7 Å². The standard InChI is InChI=1S/C17H28FN3O/c1-5-14(3)22-16-11-13(2)7-8-15(16)12-21-17(19-4)20-10-6-9-18/h7-8,11,14H,5-6,9-10,12H2,1-4H3,(H2,19,20,21). The number of guanidine groups is 1. The third kappa shape index (κ3) is 6.33. The lowest BCUT2D eigenvalue weighted by Crippen LogP contribution is -2.37. The largest absolute Gasteiger partial charge is 0.490 e. The van der Waals surface area contributed by atoms with E-state index in [1.54, 1.807) is 7.05 Å². The molecule has 124 valence electrons. The lowest BCUT2D eigenvalue weighted by Gasteiger charge is -2.18. The Morgan fingerprint density at radius 3 is 2.77 bits per heavy atom. The molecule has 0 aromatic heterocycles. The van der Waals surface area contributed by atoms with Gasteiger partial charge < -0.3 is 15.4 Å². The predicted molar refractivity (Wildman–Crippen MR) is 90.4 cm³/mol. The molecule has 0 spiro atoms. The first-order chi connectivity index (χ1) is 10.6. The fourth-order valence-corrected chi connectivity index (χ4v) is 1.89. The van der Waals surface area contributed by atoms with Gasteiger partial charge in [0, 0.05) is 25.7 Å². The fourth-order valence-electron chi connectivity index (χ4n) is 1.89. The number of benzene rings is 1. The summed E-state index contributed by atoms with van der Waals surface area (Å²) in [5.74, 6) is 1.57. The van der Waals surface area contributed by atoms with Gasteiger partial charge in [-0.2, -0.15) is 0 Å². The minimum absolute atomic E-state index is 0.183. The zero-order valence-electron chi connectivity index (χ0n) is 14.1. The summed E-state index contributed by atoms with van der Waals surface area (Å²) >= 11 is 0. The first kappa shape index (κ1) is 18.3. The minimum Gasteiger partial charge on any atom is -0.490 e. The van der Waals surface area contributed by atoms with Crippen LogP contribution in [0.4, 0.5) is 4.39 Å². The van der Waals surface area contributed by atoms with E-state index in [-0.39, 0.29) is 12.8 Å². The first-order valence-electron chi connectivity index (χ1n) is 7.87. The van der Waals surface area contributed by atoms with Crippen LogP contribution in [0.5, 0.6) is 5.75 Å². The molecular formula is C17H28FN3O. The molecule has 0 amide bonds. The molecule has 0 aliphatic rings. The molecule has 0 heterocycles. The SMILES string of the molecule is CCC(C)Oc1cc(C)ccc1CNC(=NC)NCCCF. The number of rotatable bonds is 8. The van der Waals surface area contributed by atoms with Crippen LogP contribution in [-0.4, -0.2) is 32.3 Å². The van der Waals surface area contributed by atoms with E-state index in [2.05, 4.69) is 54.6 Å². The Hall–Kier alpha value is -1.78. The van der Waals surface area contributed by atoms with Gasteiger partial charge in [0.25, 0.3) is 0 Å².